The van der Waals surface area contributed by atoms with Crippen molar-refractivity contribution in [3.05, 3.63) is 29.8 Å². The molecule has 1 heterocycles. The van der Waals surface area contributed by atoms with Gasteiger partial charge < -0.3 is 15.0 Å². The van der Waals surface area contributed by atoms with Crippen LogP contribution in [0.25, 0.3) is 0 Å². The quantitative estimate of drug-likeness (QED) is 0.819. The molecule has 1 saturated heterocycles. The number of piperazine rings is 1. The molecule has 0 radical (unpaired) electrons. The summed E-state index contributed by atoms with van der Waals surface area (Å²) in [5.41, 5.74) is 1.09. The maximum atomic E-state index is 12.5. The van der Waals surface area contributed by atoms with Crippen LogP contribution in [0.1, 0.15) is 44.2 Å². The van der Waals surface area contributed by atoms with Gasteiger partial charge >= 0.3 is 0 Å². The highest BCUT2D eigenvalue weighted by Crippen LogP contribution is 2.30. The number of para-hydroxylation sites is 1. The zero-order chi connectivity index (χ0) is 15.1. The van der Waals surface area contributed by atoms with Crippen LogP contribution < -0.4 is 10.1 Å². The van der Waals surface area contributed by atoms with Gasteiger partial charge in [0.25, 0.3) is 0 Å². The van der Waals surface area contributed by atoms with Gasteiger partial charge in [-0.25, -0.2) is 0 Å². The number of benzene rings is 1. The van der Waals surface area contributed by atoms with Crippen LogP contribution in [-0.2, 0) is 4.79 Å². The monoisotopic (exact) mass is 290 g/mol. The lowest BCUT2D eigenvalue weighted by molar-refractivity contribution is -0.134. The molecule has 4 heteroatoms. The lowest BCUT2D eigenvalue weighted by Crippen LogP contribution is -2.48. The summed E-state index contributed by atoms with van der Waals surface area (Å²) in [7, 11) is 1.68. The summed E-state index contributed by atoms with van der Waals surface area (Å²) in [6.45, 7) is 4.59. The first kappa shape index (κ1) is 15.8. The number of ether oxygens (including phenoxy) is 1. The van der Waals surface area contributed by atoms with Crippen molar-refractivity contribution in [1.29, 1.82) is 0 Å². The summed E-state index contributed by atoms with van der Waals surface area (Å²) < 4.78 is 5.46. The van der Waals surface area contributed by atoms with Gasteiger partial charge in [0, 0.05) is 31.6 Å². The molecule has 1 atom stereocenters. The Morgan fingerprint density at radius 3 is 2.95 bits per heavy atom. The molecule has 0 spiro atoms. The molecule has 116 valence electrons. The van der Waals surface area contributed by atoms with Gasteiger partial charge in [-0.15, -0.1) is 0 Å². The number of carbonyl (C=O) groups is 1. The molecule has 1 N–H and O–H groups in total. The third kappa shape index (κ3) is 3.97. The number of hydrogen-bond donors (Lipinski definition) is 1. The Morgan fingerprint density at radius 2 is 2.19 bits per heavy atom. The minimum absolute atomic E-state index is 0.0732. The summed E-state index contributed by atoms with van der Waals surface area (Å²) in [5, 5.41) is 3.39. The highest BCUT2D eigenvalue weighted by molar-refractivity contribution is 5.77. The standard InChI is InChI=1S/C17H26N2O2/c1-3-4-5-10-17(20)19-12-11-18-13-15(19)14-8-6-7-9-16(14)21-2/h6-9,15,18H,3-5,10-13H2,1-2H3. The lowest BCUT2D eigenvalue weighted by atomic mass is 10.0. The van der Waals surface area contributed by atoms with Crippen LogP contribution in [-0.4, -0.2) is 37.6 Å². The molecule has 2 rings (SSSR count). The number of amides is 1. The molecule has 1 aliphatic rings. The van der Waals surface area contributed by atoms with Gasteiger partial charge in [0.05, 0.1) is 13.2 Å². The number of nitrogens with one attached hydrogen (secondary N) is 1. The average molecular weight is 290 g/mol. The van der Waals surface area contributed by atoms with E-state index >= 15 is 0 Å². The molecule has 0 aliphatic carbocycles. The summed E-state index contributed by atoms with van der Waals surface area (Å²) >= 11 is 0. The first-order valence-corrected chi connectivity index (χ1v) is 7.91. The fourth-order valence-electron chi connectivity index (χ4n) is 2.89. The highest BCUT2D eigenvalue weighted by atomic mass is 16.5. The smallest absolute Gasteiger partial charge is 0.223 e. The normalized spacial score (nSPS) is 18.6. The molecule has 1 unspecified atom stereocenters. The molecule has 1 amide bonds. The first-order valence-electron chi connectivity index (χ1n) is 7.91. The molecule has 1 fully saturated rings. The van der Waals surface area contributed by atoms with E-state index in [1.54, 1.807) is 7.11 Å². The molecular weight excluding hydrogens is 264 g/mol. The van der Waals surface area contributed by atoms with Gasteiger partial charge in [-0.05, 0) is 12.5 Å². The second-order valence-electron chi connectivity index (χ2n) is 5.51. The van der Waals surface area contributed by atoms with Crippen molar-refractivity contribution in [2.75, 3.05) is 26.7 Å². The van der Waals surface area contributed by atoms with Crippen molar-refractivity contribution >= 4 is 5.91 Å². The van der Waals surface area contributed by atoms with E-state index in [0.29, 0.717) is 6.42 Å². The number of hydrogen-bond acceptors (Lipinski definition) is 3. The minimum atomic E-state index is 0.0732. The average Bonchev–Trinajstić information content (AvgIpc) is 2.55. The van der Waals surface area contributed by atoms with Gasteiger partial charge in [-0.1, -0.05) is 38.0 Å². The van der Waals surface area contributed by atoms with E-state index in [2.05, 4.69) is 18.3 Å². The Balaban J connectivity index is 2.13. The largest absolute Gasteiger partial charge is 0.496 e. The van der Waals surface area contributed by atoms with E-state index in [9.17, 15) is 4.79 Å². The van der Waals surface area contributed by atoms with E-state index in [-0.39, 0.29) is 11.9 Å². The van der Waals surface area contributed by atoms with E-state index in [1.807, 2.05) is 23.1 Å². The zero-order valence-electron chi connectivity index (χ0n) is 13.1. The van der Waals surface area contributed by atoms with Crippen molar-refractivity contribution in [3.8, 4) is 5.75 Å². The van der Waals surface area contributed by atoms with Crippen molar-refractivity contribution in [1.82, 2.24) is 10.2 Å². The SMILES string of the molecule is CCCCCC(=O)N1CCNCC1c1ccccc1OC. The highest BCUT2D eigenvalue weighted by Gasteiger charge is 2.29. The van der Waals surface area contributed by atoms with Crippen LogP contribution in [0.3, 0.4) is 0 Å². The summed E-state index contributed by atoms with van der Waals surface area (Å²) in [6, 6.07) is 8.06. The van der Waals surface area contributed by atoms with Gasteiger partial charge in [-0.2, -0.15) is 0 Å². The number of methoxy groups -OCH3 is 1. The maximum absolute atomic E-state index is 12.5. The molecule has 4 nitrogen and oxygen atoms in total. The van der Waals surface area contributed by atoms with Crippen molar-refractivity contribution < 1.29 is 9.53 Å². The molecule has 21 heavy (non-hydrogen) atoms. The second kappa shape index (κ2) is 8.03. The predicted octanol–water partition coefficient (Wildman–Crippen LogP) is 2.75. The summed E-state index contributed by atoms with van der Waals surface area (Å²) in [6.07, 6.45) is 3.90. The maximum Gasteiger partial charge on any atom is 0.223 e. The van der Waals surface area contributed by atoms with Crippen LogP contribution in [0.2, 0.25) is 0 Å². The van der Waals surface area contributed by atoms with Gasteiger partial charge in [0.1, 0.15) is 5.75 Å². The van der Waals surface area contributed by atoms with Gasteiger partial charge in [-0.3, -0.25) is 4.79 Å². The Hall–Kier alpha value is -1.55. The van der Waals surface area contributed by atoms with Crippen molar-refractivity contribution in [2.45, 2.75) is 38.6 Å². The number of unbranched alkanes of at least 4 members (excludes halogenated alkanes) is 2. The molecule has 0 bridgehead atoms. The van der Waals surface area contributed by atoms with Crippen LogP contribution in [0.4, 0.5) is 0 Å². The minimum Gasteiger partial charge on any atom is -0.496 e. The Morgan fingerprint density at radius 1 is 1.38 bits per heavy atom. The van der Waals surface area contributed by atoms with Crippen LogP contribution in [0.15, 0.2) is 24.3 Å². The molecule has 1 aromatic carbocycles. The molecule has 1 aliphatic heterocycles. The summed E-state index contributed by atoms with van der Waals surface area (Å²) in [5.74, 6) is 1.12. The third-order valence-electron chi connectivity index (χ3n) is 4.06. The molecule has 0 saturated carbocycles. The number of rotatable bonds is 6. The Kier molecular flexibility index (Phi) is 6.05. The number of nitrogens with zero attached hydrogens (tertiary/aromatic N) is 1. The van der Waals surface area contributed by atoms with E-state index < -0.39 is 0 Å². The van der Waals surface area contributed by atoms with E-state index in [0.717, 1.165) is 50.2 Å². The lowest BCUT2D eigenvalue weighted by Gasteiger charge is -2.37. The molecular formula is C17H26N2O2. The second-order valence-corrected chi connectivity index (χ2v) is 5.51. The van der Waals surface area contributed by atoms with Crippen LogP contribution in [0.5, 0.6) is 5.75 Å². The number of carbonyl (C=O) groups excluding carboxylic acids is 1. The van der Waals surface area contributed by atoms with Crippen molar-refractivity contribution in [2.24, 2.45) is 0 Å². The molecule has 1 aromatic rings. The third-order valence-corrected chi connectivity index (χ3v) is 4.06. The molecule has 0 aromatic heterocycles. The fraction of sp³-hybridized carbons (Fsp3) is 0.588. The van der Waals surface area contributed by atoms with Crippen LogP contribution in [0, 0.1) is 0 Å². The first-order chi connectivity index (χ1) is 10.3. The van der Waals surface area contributed by atoms with E-state index in [4.69, 9.17) is 4.74 Å². The Bertz CT molecular complexity index is 462. The fourth-order valence-corrected chi connectivity index (χ4v) is 2.89. The predicted molar refractivity (Wildman–Crippen MR) is 84.5 cm³/mol. The van der Waals surface area contributed by atoms with Crippen LogP contribution >= 0.6 is 0 Å². The zero-order valence-corrected chi connectivity index (χ0v) is 13.1. The summed E-state index contributed by atoms with van der Waals surface area (Å²) in [4.78, 5) is 14.5. The Labute approximate surface area is 127 Å². The van der Waals surface area contributed by atoms with Gasteiger partial charge in [0.2, 0.25) is 5.91 Å². The van der Waals surface area contributed by atoms with Gasteiger partial charge in [0.15, 0.2) is 0 Å². The topological polar surface area (TPSA) is 41.6 Å². The van der Waals surface area contributed by atoms with Crippen molar-refractivity contribution in [3.63, 3.8) is 0 Å². The van der Waals surface area contributed by atoms with E-state index in [1.165, 1.54) is 0 Å².